The molecule has 0 aliphatic rings. The van der Waals surface area contributed by atoms with E-state index >= 15 is 0 Å². The smallest absolute Gasteiger partial charge is 0.223 e. The number of carbonyl (C=O) groups excluding carboxylic acids is 2. The molecule has 7 nitrogen and oxygen atoms in total. The van der Waals surface area contributed by atoms with Gasteiger partial charge in [-0.05, 0) is 55.5 Å². The molecule has 0 fully saturated rings. The Bertz CT molecular complexity index is 1060. The number of ether oxygens (including phenoxy) is 1. The van der Waals surface area contributed by atoms with E-state index in [1.54, 1.807) is 30.5 Å². The van der Waals surface area contributed by atoms with Crippen LogP contribution in [0.3, 0.4) is 0 Å². The third-order valence-corrected chi connectivity index (χ3v) is 6.15. The van der Waals surface area contributed by atoms with E-state index in [9.17, 15) is 14.7 Å². The van der Waals surface area contributed by atoms with Crippen LogP contribution in [0.4, 0.5) is 0 Å². The number of nitrogens with one attached hydrogen (secondary N) is 1. The number of ketones is 1. The Morgan fingerprint density at radius 1 is 1.09 bits per heavy atom. The van der Waals surface area contributed by atoms with Crippen LogP contribution in [0.25, 0.3) is 11.3 Å². The molecule has 0 bridgehead atoms. The van der Waals surface area contributed by atoms with Crippen LogP contribution in [0, 0.1) is 11.8 Å². The first-order valence-electron chi connectivity index (χ1n) is 12.1. The number of Topliss-reactive ketones (excluding diaryl/α,β-unsaturated/α-hetero) is 1. The molecular formula is C28H34N2O5. The summed E-state index contributed by atoms with van der Waals surface area (Å²) in [5.41, 5.74) is 2.43. The van der Waals surface area contributed by atoms with Gasteiger partial charge in [0.25, 0.3) is 0 Å². The van der Waals surface area contributed by atoms with Crippen LogP contribution >= 0.6 is 0 Å². The van der Waals surface area contributed by atoms with Crippen LogP contribution in [0.2, 0.25) is 0 Å². The normalized spacial score (nSPS) is 13.6. The van der Waals surface area contributed by atoms with E-state index in [-0.39, 0.29) is 24.0 Å². The molecule has 186 valence electrons. The Morgan fingerprint density at radius 3 is 2.40 bits per heavy atom. The van der Waals surface area contributed by atoms with Gasteiger partial charge in [-0.3, -0.25) is 9.59 Å². The molecule has 0 spiro atoms. The predicted molar refractivity (Wildman–Crippen MR) is 134 cm³/mol. The van der Waals surface area contributed by atoms with Crippen LogP contribution < -0.4 is 10.1 Å². The second-order valence-corrected chi connectivity index (χ2v) is 8.75. The lowest BCUT2D eigenvalue weighted by Crippen LogP contribution is -2.36. The van der Waals surface area contributed by atoms with Gasteiger partial charge in [-0.25, -0.2) is 4.98 Å². The SMILES string of the molecule is CCOc1ccc(C(=O)CC(C)C(CC(O)CC)C(=O)NCc2ccc(-c3cnco3)cc2)cc1. The number of hydrogen-bond acceptors (Lipinski definition) is 6. The third-order valence-electron chi connectivity index (χ3n) is 6.15. The van der Waals surface area contributed by atoms with Gasteiger partial charge in [0.2, 0.25) is 5.91 Å². The lowest BCUT2D eigenvalue weighted by molar-refractivity contribution is -0.127. The van der Waals surface area contributed by atoms with Crippen LogP contribution in [-0.2, 0) is 11.3 Å². The van der Waals surface area contributed by atoms with Crippen molar-refractivity contribution in [3.63, 3.8) is 0 Å². The van der Waals surface area contributed by atoms with E-state index in [0.29, 0.717) is 43.1 Å². The van der Waals surface area contributed by atoms with Crippen LogP contribution in [0.1, 0.15) is 56.0 Å². The number of aliphatic hydroxyl groups is 1. The fourth-order valence-electron chi connectivity index (χ4n) is 3.98. The molecule has 3 atom stereocenters. The molecule has 1 aromatic heterocycles. The first-order valence-corrected chi connectivity index (χ1v) is 12.1. The molecule has 2 N–H and O–H groups in total. The highest BCUT2D eigenvalue weighted by Gasteiger charge is 2.29. The Kier molecular flexibility index (Phi) is 9.61. The molecule has 3 aromatic rings. The maximum Gasteiger partial charge on any atom is 0.223 e. The maximum atomic E-state index is 13.1. The number of rotatable bonds is 13. The van der Waals surface area contributed by atoms with E-state index in [1.807, 2.05) is 45.0 Å². The number of aromatic nitrogens is 1. The first-order chi connectivity index (χ1) is 16.9. The van der Waals surface area contributed by atoms with Crippen molar-refractivity contribution in [2.75, 3.05) is 6.61 Å². The molecule has 1 heterocycles. The largest absolute Gasteiger partial charge is 0.494 e. The van der Waals surface area contributed by atoms with E-state index < -0.39 is 12.0 Å². The van der Waals surface area contributed by atoms with Gasteiger partial charge < -0.3 is 19.6 Å². The molecule has 0 radical (unpaired) electrons. The number of hydrogen-bond donors (Lipinski definition) is 2. The number of nitrogens with zero attached hydrogens (tertiary/aromatic N) is 1. The van der Waals surface area contributed by atoms with Gasteiger partial charge in [0.15, 0.2) is 17.9 Å². The minimum absolute atomic E-state index is 0.0349. The molecule has 2 aromatic carbocycles. The minimum Gasteiger partial charge on any atom is -0.494 e. The fraction of sp³-hybridized carbons (Fsp3) is 0.393. The highest BCUT2D eigenvalue weighted by Crippen LogP contribution is 2.25. The summed E-state index contributed by atoms with van der Waals surface area (Å²) in [7, 11) is 0. The van der Waals surface area contributed by atoms with E-state index in [0.717, 1.165) is 11.1 Å². The van der Waals surface area contributed by atoms with Gasteiger partial charge in [0.1, 0.15) is 5.75 Å². The summed E-state index contributed by atoms with van der Waals surface area (Å²) in [6, 6.07) is 14.7. The lowest BCUT2D eigenvalue weighted by Gasteiger charge is -2.25. The standard InChI is InChI=1S/C28H34N2O5/c1-4-23(31)15-25(19(3)14-26(32)21-10-12-24(13-11-21)34-5-2)28(33)30-16-20-6-8-22(9-7-20)27-17-29-18-35-27/h6-13,17-19,23,25,31H,4-5,14-16H2,1-3H3,(H,30,33). The van der Waals surface area contributed by atoms with Crippen LogP contribution in [0.5, 0.6) is 5.75 Å². The van der Waals surface area contributed by atoms with Crippen molar-refractivity contribution in [2.24, 2.45) is 11.8 Å². The Morgan fingerprint density at radius 2 is 1.80 bits per heavy atom. The summed E-state index contributed by atoms with van der Waals surface area (Å²) in [4.78, 5) is 29.9. The van der Waals surface area contributed by atoms with Crippen molar-refractivity contribution in [2.45, 2.75) is 52.7 Å². The Balaban J connectivity index is 1.62. The number of oxazole rings is 1. The van der Waals surface area contributed by atoms with Gasteiger partial charge in [-0.1, -0.05) is 38.1 Å². The molecule has 3 unspecified atom stereocenters. The molecular weight excluding hydrogens is 444 g/mol. The topological polar surface area (TPSA) is 102 Å². The summed E-state index contributed by atoms with van der Waals surface area (Å²) in [6.45, 7) is 6.60. The summed E-state index contributed by atoms with van der Waals surface area (Å²) in [6.07, 6.45) is 3.51. The highest BCUT2D eigenvalue weighted by molar-refractivity contribution is 5.96. The molecule has 1 amide bonds. The van der Waals surface area contributed by atoms with Crippen LogP contribution in [-0.4, -0.2) is 34.5 Å². The summed E-state index contributed by atoms with van der Waals surface area (Å²) < 4.78 is 10.7. The monoisotopic (exact) mass is 478 g/mol. The zero-order chi connectivity index (χ0) is 25.2. The average molecular weight is 479 g/mol. The summed E-state index contributed by atoms with van der Waals surface area (Å²) in [5.74, 6) is 0.486. The zero-order valence-corrected chi connectivity index (χ0v) is 20.6. The summed E-state index contributed by atoms with van der Waals surface area (Å²) >= 11 is 0. The minimum atomic E-state index is -0.602. The van der Waals surface area contributed by atoms with Crippen molar-refractivity contribution in [3.05, 3.63) is 72.2 Å². The third kappa shape index (κ3) is 7.52. The van der Waals surface area contributed by atoms with E-state index in [2.05, 4.69) is 10.3 Å². The van der Waals surface area contributed by atoms with Crippen molar-refractivity contribution in [1.29, 1.82) is 0 Å². The van der Waals surface area contributed by atoms with Crippen molar-refractivity contribution in [3.8, 4) is 17.1 Å². The number of benzene rings is 2. The van der Waals surface area contributed by atoms with Crippen LogP contribution in [0.15, 0.2) is 65.5 Å². The summed E-state index contributed by atoms with van der Waals surface area (Å²) in [5, 5.41) is 13.3. The van der Waals surface area contributed by atoms with Crippen molar-refractivity contribution < 1.29 is 23.8 Å². The number of amides is 1. The quantitative estimate of drug-likeness (QED) is 0.334. The molecule has 0 aliphatic heterocycles. The van der Waals surface area contributed by atoms with E-state index in [4.69, 9.17) is 9.15 Å². The molecule has 0 saturated carbocycles. The number of carbonyl (C=O) groups is 2. The lowest BCUT2D eigenvalue weighted by atomic mass is 9.83. The van der Waals surface area contributed by atoms with Crippen molar-refractivity contribution >= 4 is 11.7 Å². The number of aliphatic hydroxyl groups excluding tert-OH is 1. The molecule has 7 heteroatoms. The molecule has 35 heavy (non-hydrogen) atoms. The van der Waals surface area contributed by atoms with Crippen molar-refractivity contribution in [1.82, 2.24) is 10.3 Å². The van der Waals surface area contributed by atoms with Gasteiger partial charge in [-0.15, -0.1) is 0 Å². The Labute approximate surface area is 206 Å². The second kappa shape index (κ2) is 12.9. The predicted octanol–water partition coefficient (Wildman–Crippen LogP) is 5.04. The Hall–Kier alpha value is -3.45. The van der Waals surface area contributed by atoms with Gasteiger partial charge >= 0.3 is 0 Å². The zero-order valence-electron chi connectivity index (χ0n) is 20.6. The molecule has 0 saturated heterocycles. The highest BCUT2D eigenvalue weighted by atomic mass is 16.5. The second-order valence-electron chi connectivity index (χ2n) is 8.75. The fourth-order valence-corrected chi connectivity index (χ4v) is 3.98. The first kappa shape index (κ1) is 26.2. The molecule has 3 rings (SSSR count). The average Bonchev–Trinajstić information content (AvgIpc) is 3.41. The van der Waals surface area contributed by atoms with Gasteiger partial charge in [-0.2, -0.15) is 0 Å². The maximum absolute atomic E-state index is 13.1. The molecule has 0 aliphatic carbocycles. The van der Waals surface area contributed by atoms with Gasteiger partial charge in [0.05, 0.1) is 18.9 Å². The van der Waals surface area contributed by atoms with E-state index in [1.165, 1.54) is 6.39 Å². The van der Waals surface area contributed by atoms with Gasteiger partial charge in [0, 0.05) is 30.0 Å².